The predicted molar refractivity (Wildman–Crippen MR) is 110 cm³/mol. The molecule has 4 aliphatic carbocycles. The van der Waals surface area contributed by atoms with Crippen LogP contribution in [0.3, 0.4) is 0 Å². The van der Waals surface area contributed by atoms with Crippen LogP contribution in [0.2, 0.25) is 0 Å². The van der Waals surface area contributed by atoms with E-state index in [1.807, 2.05) is 0 Å². The van der Waals surface area contributed by atoms with E-state index in [9.17, 15) is 20.1 Å². The zero-order valence-corrected chi connectivity index (χ0v) is 18.3. The highest BCUT2D eigenvalue weighted by atomic mass is 16.4. The summed E-state index contributed by atoms with van der Waals surface area (Å²) < 4.78 is 0. The minimum atomic E-state index is -0.748. The summed E-state index contributed by atoms with van der Waals surface area (Å²) >= 11 is 0. The Kier molecular flexibility index (Phi) is 5.57. The van der Waals surface area contributed by atoms with Crippen molar-refractivity contribution in [3.63, 3.8) is 0 Å². The number of aliphatic hydroxyl groups excluding tert-OH is 3. The molecule has 4 fully saturated rings. The standard InChI is InChI=1S/C24H40O5/c1-13(4-7-19(26)27)15-5-6-16-20-17(9-11-23(15,16)2)24(3)10-8-14(25)12-18(24)21(28)22(20)29/h13-18,20-22,25,28-29H,4-12H2,1-3H3,(H,26,27)/t13?,14-,15?,16?,17?,18+,20?,21+,22+,23-,24-/m1/s1. The van der Waals surface area contributed by atoms with Crippen LogP contribution in [0.4, 0.5) is 0 Å². The summed E-state index contributed by atoms with van der Waals surface area (Å²) in [4.78, 5) is 11.1. The molecule has 11 atom stereocenters. The maximum absolute atomic E-state index is 11.3. The van der Waals surface area contributed by atoms with Gasteiger partial charge in [0.2, 0.25) is 0 Å². The molecular weight excluding hydrogens is 368 g/mol. The quantitative estimate of drug-likeness (QED) is 0.571. The van der Waals surface area contributed by atoms with Gasteiger partial charge >= 0.3 is 5.97 Å². The molecule has 0 heterocycles. The molecule has 4 N–H and O–H groups in total. The first-order valence-corrected chi connectivity index (χ1v) is 11.9. The number of aliphatic hydroxyl groups is 3. The molecule has 0 spiro atoms. The largest absolute Gasteiger partial charge is 0.481 e. The van der Waals surface area contributed by atoms with Gasteiger partial charge in [-0.25, -0.2) is 0 Å². The van der Waals surface area contributed by atoms with Gasteiger partial charge in [-0.1, -0.05) is 20.8 Å². The molecule has 5 nitrogen and oxygen atoms in total. The molecule has 0 saturated heterocycles. The van der Waals surface area contributed by atoms with Gasteiger partial charge in [-0.15, -0.1) is 0 Å². The summed E-state index contributed by atoms with van der Waals surface area (Å²) in [6.07, 6.45) is 5.87. The monoisotopic (exact) mass is 408 g/mol. The number of aliphatic carboxylic acids is 1. The maximum atomic E-state index is 11.3. The Morgan fingerprint density at radius 2 is 1.59 bits per heavy atom. The van der Waals surface area contributed by atoms with Crippen LogP contribution >= 0.6 is 0 Å². The average Bonchev–Trinajstić information content (AvgIpc) is 3.02. The first kappa shape index (κ1) is 21.6. The van der Waals surface area contributed by atoms with Crippen molar-refractivity contribution in [3.8, 4) is 0 Å². The lowest BCUT2D eigenvalue weighted by Gasteiger charge is -2.63. The van der Waals surface area contributed by atoms with Gasteiger partial charge in [-0.3, -0.25) is 4.79 Å². The van der Waals surface area contributed by atoms with Gasteiger partial charge in [0.15, 0.2) is 0 Å². The number of fused-ring (bicyclic) bond motifs is 5. The van der Waals surface area contributed by atoms with E-state index < -0.39 is 18.2 Å². The summed E-state index contributed by atoms with van der Waals surface area (Å²) in [6, 6.07) is 0. The van der Waals surface area contributed by atoms with Crippen molar-refractivity contribution in [1.29, 1.82) is 0 Å². The van der Waals surface area contributed by atoms with Crippen molar-refractivity contribution >= 4 is 5.97 Å². The number of carboxylic acids is 1. The van der Waals surface area contributed by atoms with Crippen molar-refractivity contribution in [3.05, 3.63) is 0 Å². The Morgan fingerprint density at radius 1 is 0.931 bits per heavy atom. The van der Waals surface area contributed by atoms with E-state index in [1.165, 1.54) is 0 Å². The minimum absolute atomic E-state index is 0.00309. The number of carboxylic acid groups (broad SMARTS) is 1. The topological polar surface area (TPSA) is 98.0 Å². The first-order chi connectivity index (χ1) is 13.6. The number of carbonyl (C=O) groups is 1. The van der Waals surface area contributed by atoms with E-state index in [4.69, 9.17) is 5.11 Å². The molecular formula is C24H40O5. The molecule has 0 aromatic carbocycles. The van der Waals surface area contributed by atoms with E-state index in [0.717, 1.165) is 44.9 Å². The second-order valence-electron chi connectivity index (χ2n) is 11.5. The summed E-state index contributed by atoms with van der Waals surface area (Å²) in [6.45, 7) is 6.89. The molecule has 0 amide bonds. The van der Waals surface area contributed by atoms with Crippen molar-refractivity contribution in [2.24, 2.45) is 46.3 Å². The highest BCUT2D eigenvalue weighted by molar-refractivity contribution is 5.66. The molecule has 166 valence electrons. The van der Waals surface area contributed by atoms with Crippen LogP contribution in [0, 0.1) is 46.3 Å². The SMILES string of the molecule is CC(CCC(=O)O)C1CCC2C3C(CC[C@]12C)[C@@]1(C)CC[C@@H](O)C[C@H]1[C@H](O)[C@H]3O. The highest BCUT2D eigenvalue weighted by Crippen LogP contribution is 2.68. The predicted octanol–water partition coefficient (Wildman–Crippen LogP) is 3.45. The van der Waals surface area contributed by atoms with E-state index in [2.05, 4.69) is 20.8 Å². The van der Waals surface area contributed by atoms with Crippen LogP contribution in [0.15, 0.2) is 0 Å². The third kappa shape index (κ3) is 3.27. The minimum Gasteiger partial charge on any atom is -0.481 e. The Labute approximate surface area is 174 Å². The highest BCUT2D eigenvalue weighted by Gasteiger charge is 2.65. The zero-order chi connectivity index (χ0) is 21.1. The molecule has 4 rings (SSSR count). The van der Waals surface area contributed by atoms with Crippen LogP contribution < -0.4 is 0 Å². The summed E-state index contributed by atoms with van der Waals surface area (Å²) in [5.74, 6) is 1.06. The molecule has 0 bridgehead atoms. The van der Waals surface area contributed by atoms with Crippen molar-refractivity contribution in [2.45, 2.75) is 96.9 Å². The van der Waals surface area contributed by atoms with Gasteiger partial charge in [-0.2, -0.15) is 0 Å². The number of rotatable bonds is 4. The lowest BCUT2D eigenvalue weighted by atomic mass is 9.43. The molecule has 29 heavy (non-hydrogen) atoms. The van der Waals surface area contributed by atoms with E-state index in [-0.39, 0.29) is 35.2 Å². The summed E-state index contributed by atoms with van der Waals surface area (Å²) in [5.41, 5.74) is 0.119. The first-order valence-electron chi connectivity index (χ1n) is 11.9. The number of hydrogen-bond acceptors (Lipinski definition) is 4. The van der Waals surface area contributed by atoms with Crippen molar-refractivity contribution < 1.29 is 25.2 Å². The average molecular weight is 409 g/mol. The Hall–Kier alpha value is -0.650. The molecule has 0 radical (unpaired) electrons. The molecule has 4 saturated carbocycles. The van der Waals surface area contributed by atoms with E-state index in [0.29, 0.717) is 30.1 Å². The Morgan fingerprint density at radius 3 is 2.28 bits per heavy atom. The maximum Gasteiger partial charge on any atom is 0.303 e. The van der Waals surface area contributed by atoms with Crippen LogP contribution in [-0.4, -0.2) is 44.7 Å². The van der Waals surface area contributed by atoms with Gasteiger partial charge in [0.05, 0.1) is 18.3 Å². The van der Waals surface area contributed by atoms with Gasteiger partial charge in [0.25, 0.3) is 0 Å². The second kappa shape index (κ2) is 7.49. The number of hydrogen-bond donors (Lipinski definition) is 4. The third-order valence-electron chi connectivity index (χ3n) is 10.3. The third-order valence-corrected chi connectivity index (χ3v) is 10.3. The van der Waals surface area contributed by atoms with Crippen LogP contribution in [0.25, 0.3) is 0 Å². The molecule has 0 aromatic rings. The normalized spacial score (nSPS) is 52.9. The molecule has 5 heteroatoms. The van der Waals surface area contributed by atoms with Gasteiger partial charge in [0, 0.05) is 6.42 Å². The zero-order valence-electron chi connectivity index (χ0n) is 18.3. The molecule has 0 aromatic heterocycles. The fourth-order valence-corrected chi connectivity index (χ4v) is 8.77. The molecule has 4 aliphatic rings. The Balaban J connectivity index is 1.59. The molecule has 5 unspecified atom stereocenters. The fourth-order valence-electron chi connectivity index (χ4n) is 8.77. The summed E-state index contributed by atoms with van der Waals surface area (Å²) in [7, 11) is 0. The summed E-state index contributed by atoms with van der Waals surface area (Å²) in [5, 5.41) is 41.7. The van der Waals surface area contributed by atoms with Crippen molar-refractivity contribution in [2.75, 3.05) is 0 Å². The lowest BCUT2D eigenvalue weighted by molar-refractivity contribution is -0.223. The van der Waals surface area contributed by atoms with Gasteiger partial charge in [-0.05, 0) is 97.7 Å². The lowest BCUT2D eigenvalue weighted by Crippen LogP contribution is -2.64. The fraction of sp³-hybridized carbons (Fsp3) is 0.958. The Bertz CT molecular complexity index is 637. The van der Waals surface area contributed by atoms with E-state index in [1.54, 1.807) is 0 Å². The smallest absolute Gasteiger partial charge is 0.303 e. The van der Waals surface area contributed by atoms with Crippen molar-refractivity contribution in [1.82, 2.24) is 0 Å². The second-order valence-corrected chi connectivity index (χ2v) is 11.5. The van der Waals surface area contributed by atoms with Crippen LogP contribution in [0.1, 0.15) is 78.6 Å². The van der Waals surface area contributed by atoms with Crippen LogP contribution in [-0.2, 0) is 4.79 Å². The molecule has 0 aliphatic heterocycles. The van der Waals surface area contributed by atoms with E-state index >= 15 is 0 Å². The van der Waals surface area contributed by atoms with Gasteiger partial charge < -0.3 is 20.4 Å². The van der Waals surface area contributed by atoms with Crippen LogP contribution in [0.5, 0.6) is 0 Å². The van der Waals surface area contributed by atoms with Gasteiger partial charge in [0.1, 0.15) is 0 Å².